The predicted molar refractivity (Wildman–Crippen MR) is 74.9 cm³/mol. The number of ether oxygens (including phenoxy) is 1. The number of thiocarbonyl (C=S) groups is 1. The lowest BCUT2D eigenvalue weighted by molar-refractivity contribution is -0.145. The minimum absolute atomic E-state index is 0.139. The maximum atomic E-state index is 11.6. The fraction of sp³-hybridized carbons (Fsp3) is 0.500. The van der Waals surface area contributed by atoms with Crippen molar-refractivity contribution in [2.24, 2.45) is 11.7 Å². The lowest BCUT2D eigenvalue weighted by atomic mass is 9.98. The molecule has 1 aromatic rings. The van der Waals surface area contributed by atoms with Gasteiger partial charge in [0.2, 0.25) is 0 Å². The summed E-state index contributed by atoms with van der Waals surface area (Å²) in [4.78, 5) is 13.9. The van der Waals surface area contributed by atoms with Crippen LogP contribution in [-0.2, 0) is 9.53 Å². The van der Waals surface area contributed by atoms with E-state index in [1.165, 1.54) is 7.11 Å². The Morgan fingerprint density at radius 2 is 2.42 bits per heavy atom. The van der Waals surface area contributed by atoms with E-state index in [0.29, 0.717) is 17.9 Å². The molecule has 0 bridgehead atoms. The zero-order valence-electron chi connectivity index (χ0n) is 10.7. The molecule has 0 amide bonds. The molecular formula is C12H16N4O2S. The molecule has 2 heterocycles. The Morgan fingerprint density at radius 3 is 3.11 bits per heavy atom. The number of piperidine rings is 1. The molecule has 6 nitrogen and oxygen atoms in total. The minimum atomic E-state index is -0.189. The first-order valence-electron chi connectivity index (χ1n) is 6.07. The Kier molecular flexibility index (Phi) is 4.26. The molecule has 1 aromatic heterocycles. The normalized spacial score (nSPS) is 19.0. The summed E-state index contributed by atoms with van der Waals surface area (Å²) in [6, 6.07) is 1.74. The first kappa shape index (κ1) is 13.7. The maximum absolute atomic E-state index is 11.6. The van der Waals surface area contributed by atoms with Crippen molar-refractivity contribution in [1.82, 2.24) is 10.2 Å². The molecule has 1 aliphatic rings. The van der Waals surface area contributed by atoms with Gasteiger partial charge in [-0.25, -0.2) is 0 Å². The second kappa shape index (κ2) is 5.92. The zero-order chi connectivity index (χ0) is 13.8. The van der Waals surface area contributed by atoms with E-state index in [1.54, 1.807) is 12.3 Å². The Bertz CT molecular complexity index is 494. The topological polar surface area (TPSA) is 81.3 Å². The summed E-state index contributed by atoms with van der Waals surface area (Å²) in [6.07, 6.45) is 3.28. The number of nitrogens with two attached hydrogens (primary N) is 1. The Hall–Kier alpha value is -1.76. The number of carbonyl (C=O) groups is 1. The van der Waals surface area contributed by atoms with Crippen LogP contribution in [0.2, 0.25) is 0 Å². The average molecular weight is 280 g/mol. The Morgan fingerprint density at radius 1 is 1.63 bits per heavy atom. The molecule has 7 heteroatoms. The van der Waals surface area contributed by atoms with Gasteiger partial charge >= 0.3 is 5.97 Å². The monoisotopic (exact) mass is 280 g/mol. The first-order chi connectivity index (χ1) is 9.13. The zero-order valence-corrected chi connectivity index (χ0v) is 11.5. The molecule has 1 saturated heterocycles. The van der Waals surface area contributed by atoms with Crippen LogP contribution in [0.25, 0.3) is 0 Å². The third-order valence-electron chi connectivity index (χ3n) is 3.22. The summed E-state index contributed by atoms with van der Waals surface area (Å²) < 4.78 is 4.80. The van der Waals surface area contributed by atoms with Crippen LogP contribution in [0, 0.1) is 5.92 Å². The number of esters is 1. The van der Waals surface area contributed by atoms with E-state index in [1.807, 2.05) is 4.90 Å². The number of anilines is 1. The summed E-state index contributed by atoms with van der Waals surface area (Å²) in [5, 5.41) is 7.97. The third kappa shape index (κ3) is 2.98. The SMILES string of the molecule is COC(=O)C1CCCN(c2nnccc2C(N)=S)C1. The van der Waals surface area contributed by atoms with E-state index in [0.717, 1.165) is 19.4 Å². The molecule has 0 saturated carbocycles. The smallest absolute Gasteiger partial charge is 0.310 e. The standard InChI is InChI=1S/C12H16N4O2S/c1-18-12(17)8-3-2-6-16(7-8)11-9(10(13)19)4-5-14-15-11/h4-5,8H,2-3,6-7H2,1H3,(H2,13,19). The fourth-order valence-electron chi connectivity index (χ4n) is 2.28. The molecule has 0 radical (unpaired) electrons. The molecule has 1 unspecified atom stereocenters. The van der Waals surface area contributed by atoms with Crippen molar-refractivity contribution in [2.75, 3.05) is 25.1 Å². The summed E-state index contributed by atoms with van der Waals surface area (Å²) >= 11 is 5.01. The van der Waals surface area contributed by atoms with Crippen LogP contribution in [0.15, 0.2) is 12.3 Å². The largest absolute Gasteiger partial charge is 0.469 e. The van der Waals surface area contributed by atoms with Crippen LogP contribution in [0.1, 0.15) is 18.4 Å². The highest BCUT2D eigenvalue weighted by atomic mass is 32.1. The number of hydrogen-bond acceptors (Lipinski definition) is 6. The molecule has 0 aliphatic carbocycles. The van der Waals surface area contributed by atoms with Crippen LogP contribution in [0.4, 0.5) is 5.82 Å². The predicted octanol–water partition coefficient (Wildman–Crippen LogP) is 0.500. The van der Waals surface area contributed by atoms with E-state index in [2.05, 4.69) is 10.2 Å². The highest BCUT2D eigenvalue weighted by molar-refractivity contribution is 7.80. The van der Waals surface area contributed by atoms with Gasteiger partial charge < -0.3 is 15.4 Å². The van der Waals surface area contributed by atoms with E-state index < -0.39 is 0 Å². The number of nitrogens with zero attached hydrogens (tertiary/aromatic N) is 3. The van der Waals surface area contributed by atoms with Crippen LogP contribution in [-0.4, -0.2) is 41.4 Å². The van der Waals surface area contributed by atoms with Crippen LogP contribution in [0.3, 0.4) is 0 Å². The van der Waals surface area contributed by atoms with Gasteiger partial charge in [0.1, 0.15) is 4.99 Å². The van der Waals surface area contributed by atoms with Crippen LogP contribution < -0.4 is 10.6 Å². The lowest BCUT2D eigenvalue weighted by Crippen LogP contribution is -2.40. The summed E-state index contributed by atoms with van der Waals surface area (Å²) in [6.45, 7) is 1.36. The number of aromatic nitrogens is 2. The minimum Gasteiger partial charge on any atom is -0.469 e. The number of hydrogen-bond donors (Lipinski definition) is 1. The van der Waals surface area contributed by atoms with Gasteiger partial charge in [-0.05, 0) is 18.9 Å². The van der Waals surface area contributed by atoms with Gasteiger partial charge in [0.15, 0.2) is 5.82 Å². The summed E-state index contributed by atoms with van der Waals surface area (Å²) in [5.41, 5.74) is 6.38. The molecule has 19 heavy (non-hydrogen) atoms. The number of carbonyl (C=O) groups excluding carboxylic acids is 1. The van der Waals surface area contributed by atoms with Gasteiger partial charge in [0, 0.05) is 13.1 Å². The Balaban J connectivity index is 2.22. The molecule has 1 atom stereocenters. The van der Waals surface area contributed by atoms with Crippen molar-refractivity contribution < 1.29 is 9.53 Å². The van der Waals surface area contributed by atoms with E-state index in [9.17, 15) is 4.79 Å². The first-order valence-corrected chi connectivity index (χ1v) is 6.48. The fourth-order valence-corrected chi connectivity index (χ4v) is 2.44. The molecule has 2 rings (SSSR count). The third-order valence-corrected chi connectivity index (χ3v) is 3.44. The second-order valence-corrected chi connectivity index (χ2v) is 4.88. The molecule has 1 aliphatic heterocycles. The van der Waals surface area contributed by atoms with Gasteiger partial charge in [-0.3, -0.25) is 4.79 Å². The lowest BCUT2D eigenvalue weighted by Gasteiger charge is -2.32. The molecular weight excluding hydrogens is 264 g/mol. The van der Waals surface area contributed by atoms with Gasteiger partial charge in [0.25, 0.3) is 0 Å². The van der Waals surface area contributed by atoms with Crippen molar-refractivity contribution in [2.45, 2.75) is 12.8 Å². The summed E-state index contributed by atoms with van der Waals surface area (Å²) in [5.74, 6) is 0.314. The van der Waals surface area contributed by atoms with E-state index in [4.69, 9.17) is 22.7 Å². The van der Waals surface area contributed by atoms with Crippen molar-refractivity contribution >= 4 is 29.0 Å². The number of rotatable bonds is 3. The highest BCUT2D eigenvalue weighted by Gasteiger charge is 2.28. The van der Waals surface area contributed by atoms with Crippen molar-refractivity contribution in [3.05, 3.63) is 17.8 Å². The van der Waals surface area contributed by atoms with Crippen molar-refractivity contribution in [3.63, 3.8) is 0 Å². The average Bonchev–Trinajstić information content (AvgIpc) is 2.46. The molecule has 1 fully saturated rings. The van der Waals surface area contributed by atoms with Crippen LogP contribution >= 0.6 is 12.2 Å². The second-order valence-electron chi connectivity index (χ2n) is 4.44. The van der Waals surface area contributed by atoms with Crippen molar-refractivity contribution in [3.8, 4) is 0 Å². The Labute approximate surface area is 116 Å². The summed E-state index contributed by atoms with van der Waals surface area (Å²) in [7, 11) is 1.41. The van der Waals surface area contributed by atoms with E-state index >= 15 is 0 Å². The van der Waals surface area contributed by atoms with Crippen molar-refractivity contribution in [1.29, 1.82) is 0 Å². The quantitative estimate of drug-likeness (QED) is 0.637. The highest BCUT2D eigenvalue weighted by Crippen LogP contribution is 2.24. The number of methoxy groups -OCH3 is 1. The van der Waals surface area contributed by atoms with Crippen LogP contribution in [0.5, 0.6) is 0 Å². The molecule has 0 aromatic carbocycles. The molecule has 0 spiro atoms. The van der Waals surface area contributed by atoms with Gasteiger partial charge in [-0.1, -0.05) is 12.2 Å². The molecule has 2 N–H and O–H groups in total. The van der Waals surface area contributed by atoms with Gasteiger partial charge in [0.05, 0.1) is 24.8 Å². The van der Waals surface area contributed by atoms with Gasteiger partial charge in [-0.2, -0.15) is 5.10 Å². The van der Waals surface area contributed by atoms with E-state index in [-0.39, 0.29) is 16.9 Å². The maximum Gasteiger partial charge on any atom is 0.310 e. The molecule has 102 valence electrons. The van der Waals surface area contributed by atoms with Gasteiger partial charge in [-0.15, -0.1) is 5.10 Å².